The number of nitrogens with zero attached hydrogens (tertiary/aromatic N) is 1. The molecule has 0 unspecified atom stereocenters. The first-order chi connectivity index (χ1) is 17.1. The van der Waals surface area contributed by atoms with Crippen LogP contribution in [0.3, 0.4) is 0 Å². The summed E-state index contributed by atoms with van der Waals surface area (Å²) in [6.45, 7) is 1.68. The van der Waals surface area contributed by atoms with Gasteiger partial charge in [0.15, 0.2) is 0 Å². The zero-order valence-corrected chi connectivity index (χ0v) is 20.5. The van der Waals surface area contributed by atoms with Gasteiger partial charge in [-0.1, -0.05) is 41.9 Å². The van der Waals surface area contributed by atoms with Crippen LogP contribution in [0.1, 0.15) is 29.2 Å². The van der Waals surface area contributed by atoms with Crippen LogP contribution < -0.4 is 4.74 Å². The number of carboxylic acids is 1. The van der Waals surface area contributed by atoms with Gasteiger partial charge in [-0.05, 0) is 65.9 Å². The van der Waals surface area contributed by atoms with Crippen molar-refractivity contribution < 1.29 is 28.2 Å². The van der Waals surface area contributed by atoms with Gasteiger partial charge in [-0.3, -0.25) is 9.59 Å². The molecule has 1 aliphatic rings. The zero-order valence-electron chi connectivity index (χ0n) is 19.8. The number of hydrogen-bond donors (Lipinski definition) is 1. The van der Waals surface area contributed by atoms with Crippen LogP contribution in [0.4, 0.5) is 8.78 Å². The highest BCUT2D eigenvalue weighted by Gasteiger charge is 2.35. The van der Waals surface area contributed by atoms with E-state index in [-0.39, 0.29) is 29.7 Å². The van der Waals surface area contributed by atoms with Gasteiger partial charge >= 0.3 is 5.97 Å². The molecule has 0 saturated heterocycles. The smallest absolute Gasteiger partial charge is 0.323 e. The molecule has 1 atom stereocenters. The van der Waals surface area contributed by atoms with Crippen molar-refractivity contribution in [3.05, 3.63) is 99.6 Å². The Morgan fingerprint density at radius 1 is 1.06 bits per heavy atom. The van der Waals surface area contributed by atoms with E-state index >= 15 is 0 Å². The largest absolute Gasteiger partial charge is 0.487 e. The van der Waals surface area contributed by atoms with Crippen LogP contribution in [0, 0.1) is 11.6 Å². The third-order valence-corrected chi connectivity index (χ3v) is 6.51. The summed E-state index contributed by atoms with van der Waals surface area (Å²) in [7, 11) is 0. The van der Waals surface area contributed by atoms with Crippen LogP contribution in [0.25, 0.3) is 0 Å². The van der Waals surface area contributed by atoms with Gasteiger partial charge in [0.25, 0.3) is 0 Å². The lowest BCUT2D eigenvalue weighted by molar-refractivity contribution is -0.144. The van der Waals surface area contributed by atoms with Crippen molar-refractivity contribution in [1.82, 2.24) is 4.90 Å². The molecule has 0 aliphatic carbocycles. The van der Waals surface area contributed by atoms with Gasteiger partial charge in [0.2, 0.25) is 5.91 Å². The number of halogens is 3. The average Bonchev–Trinajstić information content (AvgIpc) is 3.13. The summed E-state index contributed by atoms with van der Waals surface area (Å²) in [5.74, 6) is -1.59. The number of aliphatic carboxylic acids is 1. The van der Waals surface area contributed by atoms with E-state index in [1.165, 1.54) is 29.2 Å². The molecule has 0 fully saturated rings. The molecular formula is C28H26ClF2NO4. The lowest BCUT2D eigenvalue weighted by atomic mass is 9.91. The van der Waals surface area contributed by atoms with Crippen molar-refractivity contribution in [1.29, 1.82) is 0 Å². The minimum absolute atomic E-state index is 0.0306. The summed E-state index contributed by atoms with van der Waals surface area (Å²) in [5.41, 5.74) is 2.55. The van der Waals surface area contributed by atoms with Crippen LogP contribution in [-0.2, 0) is 35.3 Å². The predicted octanol–water partition coefficient (Wildman–Crippen LogP) is 5.25. The van der Waals surface area contributed by atoms with Crippen molar-refractivity contribution in [3.63, 3.8) is 0 Å². The fourth-order valence-electron chi connectivity index (χ4n) is 4.56. The number of amides is 1. The molecule has 3 aromatic rings. The SMILES string of the molecule is C[C@]1(Cc2ccc(Cl)c(F)c2)Cc2cc(CC(=O)N(CCc3cccc(F)c3)CC(=O)O)ccc2O1. The van der Waals surface area contributed by atoms with Gasteiger partial charge < -0.3 is 14.7 Å². The maximum atomic E-state index is 13.9. The highest BCUT2D eigenvalue weighted by atomic mass is 35.5. The van der Waals surface area contributed by atoms with E-state index in [0.29, 0.717) is 30.6 Å². The van der Waals surface area contributed by atoms with Gasteiger partial charge in [-0.2, -0.15) is 0 Å². The third-order valence-electron chi connectivity index (χ3n) is 6.20. The quantitative estimate of drug-likeness (QED) is 0.424. The number of benzene rings is 3. The Bertz CT molecular complexity index is 1300. The van der Waals surface area contributed by atoms with Gasteiger partial charge in [0.05, 0.1) is 11.4 Å². The lowest BCUT2D eigenvalue weighted by Crippen LogP contribution is -2.38. The summed E-state index contributed by atoms with van der Waals surface area (Å²) in [6.07, 6.45) is 1.44. The second-order valence-electron chi connectivity index (χ2n) is 9.36. The Balaban J connectivity index is 1.42. The molecule has 36 heavy (non-hydrogen) atoms. The van der Waals surface area contributed by atoms with Crippen LogP contribution in [0.2, 0.25) is 5.02 Å². The Morgan fingerprint density at radius 2 is 1.83 bits per heavy atom. The topological polar surface area (TPSA) is 66.8 Å². The van der Waals surface area contributed by atoms with Crippen molar-refractivity contribution in [3.8, 4) is 5.75 Å². The summed E-state index contributed by atoms with van der Waals surface area (Å²) < 4.78 is 33.5. The molecule has 1 aliphatic heterocycles. The number of fused-ring (bicyclic) bond motifs is 1. The summed E-state index contributed by atoms with van der Waals surface area (Å²) in [6, 6.07) is 16.2. The molecule has 3 aromatic carbocycles. The minimum Gasteiger partial charge on any atom is -0.487 e. The van der Waals surface area contributed by atoms with E-state index in [9.17, 15) is 23.5 Å². The Labute approximate surface area is 213 Å². The first-order valence-corrected chi connectivity index (χ1v) is 12.0. The predicted molar refractivity (Wildman–Crippen MR) is 132 cm³/mol. The Morgan fingerprint density at radius 3 is 2.56 bits per heavy atom. The Kier molecular flexibility index (Phi) is 7.59. The highest BCUT2D eigenvalue weighted by molar-refractivity contribution is 6.30. The van der Waals surface area contributed by atoms with Crippen molar-refractivity contribution in [2.75, 3.05) is 13.1 Å². The normalized spacial score (nSPS) is 16.3. The number of ether oxygens (including phenoxy) is 1. The van der Waals surface area contributed by atoms with Crippen molar-refractivity contribution in [2.45, 2.75) is 38.2 Å². The fraction of sp³-hybridized carbons (Fsp3) is 0.286. The second kappa shape index (κ2) is 10.7. The molecule has 0 saturated carbocycles. The maximum Gasteiger partial charge on any atom is 0.323 e. The number of rotatable bonds is 9. The molecule has 8 heteroatoms. The molecule has 1 heterocycles. The molecule has 0 bridgehead atoms. The standard InChI is InChI=1S/C28H26ClF2NO4/c1-28(15-20-5-7-23(29)24(31)13-20)16-21-11-19(6-8-25(21)36-28)14-26(33)32(17-27(34)35)10-9-18-3-2-4-22(30)12-18/h2-8,11-13H,9-10,14-17H2,1H3,(H,34,35)/t28-/m0/s1. The maximum absolute atomic E-state index is 13.9. The molecule has 1 amide bonds. The van der Waals surface area contributed by atoms with Crippen LogP contribution in [0.5, 0.6) is 5.75 Å². The van der Waals surface area contributed by atoms with Gasteiger partial charge in [-0.15, -0.1) is 0 Å². The first kappa shape index (κ1) is 25.6. The highest BCUT2D eigenvalue weighted by Crippen LogP contribution is 2.38. The van der Waals surface area contributed by atoms with E-state index in [1.54, 1.807) is 30.3 Å². The fourth-order valence-corrected chi connectivity index (χ4v) is 4.68. The van der Waals surface area contributed by atoms with E-state index in [0.717, 1.165) is 16.7 Å². The summed E-state index contributed by atoms with van der Waals surface area (Å²) >= 11 is 5.79. The molecule has 0 radical (unpaired) electrons. The van der Waals surface area contributed by atoms with Crippen molar-refractivity contribution >= 4 is 23.5 Å². The van der Waals surface area contributed by atoms with Gasteiger partial charge in [0.1, 0.15) is 29.5 Å². The third kappa shape index (κ3) is 6.40. The summed E-state index contributed by atoms with van der Waals surface area (Å²) in [5, 5.41) is 9.35. The van der Waals surface area contributed by atoms with E-state index < -0.39 is 23.9 Å². The van der Waals surface area contributed by atoms with Crippen LogP contribution in [0.15, 0.2) is 60.7 Å². The number of hydrogen-bond acceptors (Lipinski definition) is 3. The molecule has 5 nitrogen and oxygen atoms in total. The first-order valence-electron chi connectivity index (χ1n) is 11.6. The second-order valence-corrected chi connectivity index (χ2v) is 9.77. The Hall–Kier alpha value is -3.45. The monoisotopic (exact) mass is 513 g/mol. The van der Waals surface area contributed by atoms with Crippen LogP contribution in [-0.4, -0.2) is 40.6 Å². The van der Waals surface area contributed by atoms with Gasteiger partial charge in [0, 0.05) is 19.4 Å². The van der Waals surface area contributed by atoms with E-state index in [2.05, 4.69) is 0 Å². The molecule has 0 spiro atoms. The zero-order chi connectivity index (χ0) is 25.9. The average molecular weight is 514 g/mol. The summed E-state index contributed by atoms with van der Waals surface area (Å²) in [4.78, 5) is 25.6. The molecule has 4 rings (SSSR count). The lowest BCUT2D eigenvalue weighted by Gasteiger charge is -2.24. The van der Waals surface area contributed by atoms with Gasteiger partial charge in [-0.25, -0.2) is 8.78 Å². The number of carbonyl (C=O) groups is 2. The van der Waals surface area contributed by atoms with Crippen LogP contribution >= 0.6 is 11.6 Å². The number of carbonyl (C=O) groups excluding carboxylic acids is 1. The van der Waals surface area contributed by atoms with Crippen molar-refractivity contribution in [2.24, 2.45) is 0 Å². The minimum atomic E-state index is -1.11. The van der Waals surface area contributed by atoms with E-state index in [4.69, 9.17) is 16.3 Å². The molecule has 188 valence electrons. The number of carboxylic acid groups (broad SMARTS) is 1. The molecule has 0 aromatic heterocycles. The molecule has 1 N–H and O–H groups in total. The van der Waals surface area contributed by atoms with E-state index in [1.807, 2.05) is 13.0 Å². The molecular weight excluding hydrogens is 488 g/mol.